The third-order valence-electron chi connectivity index (χ3n) is 4.35. The van der Waals surface area contributed by atoms with Gasteiger partial charge in [0, 0.05) is 11.3 Å². The van der Waals surface area contributed by atoms with Crippen LogP contribution in [-0.2, 0) is 16.4 Å². The highest BCUT2D eigenvalue weighted by molar-refractivity contribution is 7.92. The lowest BCUT2D eigenvalue weighted by atomic mass is 10.1. The number of rotatable bonds is 6. The first-order chi connectivity index (χ1) is 13.5. The largest absolute Gasteiger partial charge is 0.284 e. The summed E-state index contributed by atoms with van der Waals surface area (Å²) in [5.74, 6) is 0.709. The Morgan fingerprint density at radius 3 is 2.61 bits per heavy atom. The van der Waals surface area contributed by atoms with Crippen LogP contribution in [0.5, 0.6) is 0 Å². The number of benzene rings is 2. The van der Waals surface area contributed by atoms with Gasteiger partial charge in [-0.25, -0.2) is 8.42 Å². The van der Waals surface area contributed by atoms with Gasteiger partial charge >= 0.3 is 0 Å². The van der Waals surface area contributed by atoms with Gasteiger partial charge < -0.3 is 0 Å². The van der Waals surface area contributed by atoms with Crippen LogP contribution in [0.4, 0.5) is 5.69 Å². The molecule has 28 heavy (non-hydrogen) atoms. The van der Waals surface area contributed by atoms with Gasteiger partial charge in [0.25, 0.3) is 0 Å². The minimum Gasteiger partial charge on any atom is -0.284 e. The van der Waals surface area contributed by atoms with Crippen LogP contribution in [0, 0.1) is 6.92 Å². The maximum Gasteiger partial charge on any atom is 0.233 e. The molecule has 2 aromatic heterocycles. The van der Waals surface area contributed by atoms with Gasteiger partial charge in [0.15, 0.2) is 11.5 Å². The molecule has 0 atom stereocenters. The van der Waals surface area contributed by atoms with E-state index in [0.717, 1.165) is 11.1 Å². The third kappa shape index (κ3) is 4.01. The molecule has 0 aliphatic carbocycles. The van der Waals surface area contributed by atoms with Crippen molar-refractivity contribution in [2.75, 3.05) is 10.5 Å². The van der Waals surface area contributed by atoms with E-state index in [2.05, 4.69) is 20.0 Å². The second-order valence-electron chi connectivity index (χ2n) is 6.47. The van der Waals surface area contributed by atoms with Crippen molar-refractivity contribution < 1.29 is 8.42 Å². The zero-order valence-electron chi connectivity index (χ0n) is 15.3. The molecule has 4 aromatic rings. The molecule has 1 N–H and O–H groups in total. The molecule has 4 rings (SSSR count). The minimum atomic E-state index is -3.46. The summed E-state index contributed by atoms with van der Waals surface area (Å²) in [4.78, 5) is 0. The summed E-state index contributed by atoms with van der Waals surface area (Å²) >= 11 is 0. The molecule has 8 heteroatoms. The Kier molecular flexibility index (Phi) is 4.79. The van der Waals surface area contributed by atoms with Crippen LogP contribution >= 0.6 is 0 Å². The van der Waals surface area contributed by atoms with Crippen LogP contribution in [0.3, 0.4) is 0 Å². The Labute approximate surface area is 163 Å². The predicted octanol–water partition coefficient (Wildman–Crippen LogP) is 3.08. The predicted molar refractivity (Wildman–Crippen MR) is 109 cm³/mol. The zero-order chi connectivity index (χ0) is 19.6. The second kappa shape index (κ2) is 7.40. The van der Waals surface area contributed by atoms with Crippen LogP contribution in [0.25, 0.3) is 16.9 Å². The van der Waals surface area contributed by atoms with Crippen molar-refractivity contribution in [2.45, 2.75) is 13.3 Å². The summed E-state index contributed by atoms with van der Waals surface area (Å²) in [5.41, 5.74) is 3.68. The summed E-state index contributed by atoms with van der Waals surface area (Å²) in [5, 5.41) is 12.6. The van der Waals surface area contributed by atoms with E-state index in [1.165, 1.54) is 0 Å². The first kappa shape index (κ1) is 18.1. The summed E-state index contributed by atoms with van der Waals surface area (Å²) < 4.78 is 29.2. The van der Waals surface area contributed by atoms with Crippen LogP contribution in [-0.4, -0.2) is 34.0 Å². The van der Waals surface area contributed by atoms with E-state index < -0.39 is 10.0 Å². The molecule has 0 aliphatic rings. The fourth-order valence-electron chi connectivity index (χ4n) is 2.92. The monoisotopic (exact) mass is 393 g/mol. The Morgan fingerprint density at radius 1 is 0.964 bits per heavy atom. The van der Waals surface area contributed by atoms with Crippen LogP contribution < -0.4 is 4.72 Å². The first-order valence-electron chi connectivity index (χ1n) is 8.84. The van der Waals surface area contributed by atoms with Crippen molar-refractivity contribution in [1.29, 1.82) is 0 Å². The lowest BCUT2D eigenvalue weighted by Gasteiger charge is -2.10. The van der Waals surface area contributed by atoms with E-state index in [-0.39, 0.29) is 5.75 Å². The average Bonchev–Trinajstić information content (AvgIpc) is 3.07. The quantitative estimate of drug-likeness (QED) is 0.544. The van der Waals surface area contributed by atoms with Crippen molar-refractivity contribution in [1.82, 2.24) is 19.8 Å². The molecule has 7 nitrogen and oxygen atoms in total. The lowest BCUT2D eigenvalue weighted by Crippen LogP contribution is -2.18. The number of anilines is 1. The number of hydrogen-bond acceptors (Lipinski definition) is 5. The normalized spacial score (nSPS) is 11.6. The fraction of sp³-hybridized carbons (Fsp3) is 0.150. The molecule has 2 aromatic carbocycles. The standard InChI is InChI=1S/C20H19N5O2S/c1-15-21-22-20-11-10-19(23-25(15)20)17-8-5-9-18(14-17)24-28(26,27)13-12-16-6-3-2-4-7-16/h2-11,14,24H,12-13H2,1H3. The van der Waals surface area contributed by atoms with Gasteiger partial charge in [0.1, 0.15) is 0 Å². The number of fused-ring (bicyclic) bond motifs is 1. The molecule has 0 radical (unpaired) electrons. The van der Waals surface area contributed by atoms with Gasteiger partial charge in [0.05, 0.1) is 11.4 Å². The molecular weight excluding hydrogens is 374 g/mol. The van der Waals surface area contributed by atoms with Crippen molar-refractivity contribution in [3.05, 3.63) is 78.1 Å². The van der Waals surface area contributed by atoms with Crippen molar-refractivity contribution in [2.24, 2.45) is 0 Å². The molecule has 2 heterocycles. The van der Waals surface area contributed by atoms with E-state index in [4.69, 9.17) is 0 Å². The lowest BCUT2D eigenvalue weighted by molar-refractivity contribution is 0.600. The molecule has 0 saturated heterocycles. The Bertz CT molecular complexity index is 1220. The highest BCUT2D eigenvalue weighted by Crippen LogP contribution is 2.22. The number of hydrogen-bond donors (Lipinski definition) is 1. The first-order valence-corrected chi connectivity index (χ1v) is 10.5. The van der Waals surface area contributed by atoms with E-state index in [1.54, 1.807) is 22.7 Å². The maximum atomic E-state index is 12.5. The smallest absolute Gasteiger partial charge is 0.233 e. The second-order valence-corrected chi connectivity index (χ2v) is 8.31. The molecule has 0 saturated carbocycles. The van der Waals surface area contributed by atoms with Gasteiger partial charge in [-0.2, -0.15) is 9.61 Å². The molecule has 142 valence electrons. The summed E-state index contributed by atoms with van der Waals surface area (Å²) in [7, 11) is -3.46. The SMILES string of the molecule is Cc1nnc2ccc(-c3cccc(NS(=O)(=O)CCc4ccccc4)c3)nn12. The Balaban J connectivity index is 1.53. The van der Waals surface area contributed by atoms with E-state index in [9.17, 15) is 8.42 Å². The van der Waals surface area contributed by atoms with Crippen molar-refractivity contribution >= 4 is 21.4 Å². The van der Waals surface area contributed by atoms with Crippen LogP contribution in [0.15, 0.2) is 66.7 Å². The molecule has 0 spiro atoms. The van der Waals surface area contributed by atoms with E-state index in [0.29, 0.717) is 29.3 Å². The van der Waals surface area contributed by atoms with Crippen LogP contribution in [0.2, 0.25) is 0 Å². The highest BCUT2D eigenvalue weighted by atomic mass is 32.2. The average molecular weight is 393 g/mol. The molecular formula is C20H19N5O2S. The number of nitrogens with one attached hydrogen (secondary N) is 1. The van der Waals surface area contributed by atoms with Gasteiger partial charge in [-0.05, 0) is 43.2 Å². The van der Waals surface area contributed by atoms with Gasteiger partial charge in [-0.15, -0.1) is 10.2 Å². The van der Waals surface area contributed by atoms with E-state index in [1.807, 2.05) is 55.5 Å². The number of aromatic nitrogens is 4. The summed E-state index contributed by atoms with van der Waals surface area (Å²) in [6.07, 6.45) is 0.459. The minimum absolute atomic E-state index is 0.0192. The molecule has 0 fully saturated rings. The summed E-state index contributed by atoms with van der Waals surface area (Å²) in [6.45, 7) is 1.83. The number of nitrogens with zero attached hydrogens (tertiary/aromatic N) is 4. The Morgan fingerprint density at radius 2 is 1.79 bits per heavy atom. The Hall–Kier alpha value is -3.26. The van der Waals surface area contributed by atoms with Gasteiger partial charge in [-0.3, -0.25) is 4.72 Å². The van der Waals surface area contributed by atoms with Crippen molar-refractivity contribution in [3.8, 4) is 11.3 Å². The van der Waals surface area contributed by atoms with Gasteiger partial charge in [-0.1, -0.05) is 42.5 Å². The number of aryl methyl sites for hydroxylation is 2. The number of sulfonamides is 1. The topological polar surface area (TPSA) is 89.2 Å². The molecule has 0 aliphatic heterocycles. The third-order valence-corrected chi connectivity index (χ3v) is 5.64. The van der Waals surface area contributed by atoms with Crippen LogP contribution in [0.1, 0.15) is 11.4 Å². The molecule has 0 unspecified atom stereocenters. The molecule has 0 amide bonds. The van der Waals surface area contributed by atoms with Gasteiger partial charge in [0.2, 0.25) is 10.0 Å². The fourth-order valence-corrected chi connectivity index (χ4v) is 4.01. The van der Waals surface area contributed by atoms with E-state index >= 15 is 0 Å². The zero-order valence-corrected chi connectivity index (χ0v) is 16.1. The highest BCUT2D eigenvalue weighted by Gasteiger charge is 2.12. The summed E-state index contributed by atoms with van der Waals surface area (Å²) in [6, 6.07) is 20.4. The maximum absolute atomic E-state index is 12.5. The van der Waals surface area contributed by atoms with Crippen molar-refractivity contribution in [3.63, 3.8) is 0 Å². The molecule has 0 bridgehead atoms.